The minimum Gasteiger partial charge on any atom is -0.307 e. The van der Waals surface area contributed by atoms with Crippen molar-refractivity contribution in [2.45, 2.75) is 51.1 Å². The van der Waals surface area contributed by atoms with Gasteiger partial charge < -0.3 is 5.32 Å². The predicted molar refractivity (Wildman–Crippen MR) is 87.8 cm³/mol. The Morgan fingerprint density at radius 1 is 1.20 bits per heavy atom. The van der Waals surface area contributed by atoms with Crippen LogP contribution in [-0.2, 0) is 6.54 Å². The summed E-state index contributed by atoms with van der Waals surface area (Å²) in [6.45, 7) is 3.26. The van der Waals surface area contributed by atoms with Crippen molar-refractivity contribution >= 4 is 26.8 Å². The van der Waals surface area contributed by atoms with Gasteiger partial charge in [-0.05, 0) is 37.5 Å². The van der Waals surface area contributed by atoms with Gasteiger partial charge in [-0.25, -0.2) is 0 Å². The Morgan fingerprint density at radius 2 is 2.00 bits per heavy atom. The number of aromatic nitrogens is 1. The number of benzene rings is 1. The quantitative estimate of drug-likeness (QED) is 0.872. The van der Waals surface area contributed by atoms with Crippen molar-refractivity contribution in [1.29, 1.82) is 0 Å². The summed E-state index contributed by atoms with van der Waals surface area (Å²) in [5.41, 5.74) is 2.69. The van der Waals surface area contributed by atoms with E-state index in [-0.39, 0.29) is 0 Å². The summed E-state index contributed by atoms with van der Waals surface area (Å²) in [4.78, 5) is 4.56. The van der Waals surface area contributed by atoms with Crippen molar-refractivity contribution in [1.82, 2.24) is 10.3 Å². The zero-order chi connectivity index (χ0) is 14.0. The average Bonchev–Trinajstić information content (AvgIpc) is 2.48. The maximum atomic E-state index is 4.56. The van der Waals surface area contributed by atoms with Crippen LogP contribution in [0.5, 0.6) is 0 Å². The third kappa shape index (κ3) is 2.89. The second-order valence-electron chi connectivity index (χ2n) is 6.08. The number of rotatable bonds is 3. The van der Waals surface area contributed by atoms with E-state index in [2.05, 4.69) is 51.4 Å². The summed E-state index contributed by atoms with van der Waals surface area (Å²) in [6, 6.07) is 8.42. The largest absolute Gasteiger partial charge is 0.307 e. The lowest BCUT2D eigenvalue weighted by Gasteiger charge is -2.35. The molecule has 3 heteroatoms. The van der Waals surface area contributed by atoms with Crippen molar-refractivity contribution in [3.05, 3.63) is 40.5 Å². The van der Waals surface area contributed by atoms with Crippen LogP contribution in [0.1, 0.15) is 44.6 Å². The number of nitrogens with zero attached hydrogens (tertiary/aromatic N) is 1. The van der Waals surface area contributed by atoms with Gasteiger partial charge in [-0.2, -0.15) is 0 Å². The van der Waals surface area contributed by atoms with Crippen molar-refractivity contribution in [2.24, 2.45) is 0 Å². The fraction of sp³-hybridized carbons (Fsp3) is 0.471. The molecule has 1 saturated carbocycles. The van der Waals surface area contributed by atoms with E-state index in [0.29, 0.717) is 5.54 Å². The Hall–Kier alpha value is -0.930. The van der Waals surface area contributed by atoms with E-state index in [9.17, 15) is 0 Å². The number of fused-ring (bicyclic) bond motifs is 1. The van der Waals surface area contributed by atoms with Crippen molar-refractivity contribution in [3.8, 4) is 0 Å². The van der Waals surface area contributed by atoms with Crippen molar-refractivity contribution < 1.29 is 0 Å². The lowest BCUT2D eigenvalue weighted by molar-refractivity contribution is 0.253. The maximum absolute atomic E-state index is 4.56. The molecule has 20 heavy (non-hydrogen) atoms. The van der Waals surface area contributed by atoms with Gasteiger partial charge in [-0.3, -0.25) is 4.98 Å². The first-order valence-electron chi connectivity index (χ1n) is 7.45. The molecule has 1 fully saturated rings. The first kappa shape index (κ1) is 14.0. The Labute approximate surface area is 129 Å². The maximum Gasteiger partial charge on any atom is 0.0758 e. The molecule has 1 aliphatic rings. The van der Waals surface area contributed by atoms with Gasteiger partial charge in [-0.1, -0.05) is 47.3 Å². The molecular weight excluding hydrogens is 312 g/mol. The van der Waals surface area contributed by atoms with Gasteiger partial charge >= 0.3 is 0 Å². The highest BCUT2D eigenvalue weighted by Gasteiger charge is 2.25. The standard InChI is InChI=1S/C17H21BrN2/c1-17(9-3-2-4-10-17)20-12-13-7-8-15(18)14-6-5-11-19-16(13)14/h5-8,11,20H,2-4,9-10,12H2,1H3. The highest BCUT2D eigenvalue weighted by molar-refractivity contribution is 9.10. The van der Waals surface area contributed by atoms with Gasteiger partial charge in [0.15, 0.2) is 0 Å². The highest BCUT2D eigenvalue weighted by Crippen LogP contribution is 2.29. The summed E-state index contributed by atoms with van der Waals surface area (Å²) in [5, 5.41) is 4.97. The number of halogens is 1. The average molecular weight is 333 g/mol. The Bertz CT molecular complexity index is 603. The normalized spacial score (nSPS) is 18.3. The third-order valence-electron chi connectivity index (χ3n) is 4.46. The molecule has 0 aliphatic heterocycles. The van der Waals surface area contributed by atoms with E-state index in [4.69, 9.17) is 0 Å². The van der Waals surface area contributed by atoms with E-state index in [1.54, 1.807) is 0 Å². The number of hydrogen-bond acceptors (Lipinski definition) is 2. The number of hydrogen-bond donors (Lipinski definition) is 1. The molecule has 1 heterocycles. The molecule has 0 bridgehead atoms. The van der Waals surface area contributed by atoms with E-state index in [1.807, 2.05) is 12.3 Å². The Kier molecular flexibility index (Phi) is 4.08. The van der Waals surface area contributed by atoms with E-state index in [1.165, 1.54) is 43.1 Å². The van der Waals surface area contributed by atoms with Gasteiger partial charge in [0.1, 0.15) is 0 Å². The van der Waals surface area contributed by atoms with E-state index < -0.39 is 0 Å². The van der Waals surface area contributed by atoms with Crippen LogP contribution in [0, 0.1) is 0 Å². The van der Waals surface area contributed by atoms with Crippen LogP contribution in [-0.4, -0.2) is 10.5 Å². The monoisotopic (exact) mass is 332 g/mol. The topological polar surface area (TPSA) is 24.9 Å². The molecule has 1 aromatic carbocycles. The molecule has 1 aromatic heterocycles. The molecule has 0 amide bonds. The molecular formula is C17H21BrN2. The molecule has 0 unspecified atom stereocenters. The predicted octanol–water partition coefficient (Wildman–Crippen LogP) is 4.81. The van der Waals surface area contributed by atoms with Gasteiger partial charge in [0, 0.05) is 28.1 Å². The molecule has 106 valence electrons. The molecule has 0 radical (unpaired) electrons. The van der Waals surface area contributed by atoms with E-state index >= 15 is 0 Å². The molecule has 3 rings (SSSR count). The molecule has 0 atom stereocenters. The molecule has 0 saturated heterocycles. The Balaban J connectivity index is 1.82. The van der Waals surface area contributed by atoms with E-state index in [0.717, 1.165) is 16.5 Å². The molecule has 1 N–H and O–H groups in total. The molecule has 2 aromatic rings. The SMILES string of the molecule is CC1(NCc2ccc(Br)c3cccnc23)CCCCC1. The zero-order valence-electron chi connectivity index (χ0n) is 12.0. The smallest absolute Gasteiger partial charge is 0.0758 e. The van der Waals surface area contributed by atoms with Gasteiger partial charge in [0.25, 0.3) is 0 Å². The zero-order valence-corrected chi connectivity index (χ0v) is 13.5. The minimum absolute atomic E-state index is 0.298. The second kappa shape index (κ2) is 5.82. The molecule has 0 spiro atoms. The number of nitrogens with one attached hydrogen (secondary N) is 1. The summed E-state index contributed by atoms with van der Waals surface area (Å²) >= 11 is 3.61. The highest BCUT2D eigenvalue weighted by atomic mass is 79.9. The summed E-state index contributed by atoms with van der Waals surface area (Å²) in [6.07, 6.45) is 8.54. The summed E-state index contributed by atoms with van der Waals surface area (Å²) in [5.74, 6) is 0. The summed E-state index contributed by atoms with van der Waals surface area (Å²) in [7, 11) is 0. The first-order valence-corrected chi connectivity index (χ1v) is 8.24. The van der Waals surface area contributed by atoms with Crippen LogP contribution < -0.4 is 5.32 Å². The Morgan fingerprint density at radius 3 is 2.80 bits per heavy atom. The van der Waals surface area contributed by atoms with Gasteiger partial charge in [0.2, 0.25) is 0 Å². The fourth-order valence-electron chi connectivity index (χ4n) is 3.16. The molecule has 2 nitrogen and oxygen atoms in total. The first-order chi connectivity index (χ1) is 9.68. The summed E-state index contributed by atoms with van der Waals surface area (Å²) < 4.78 is 1.12. The lowest BCUT2D eigenvalue weighted by Crippen LogP contribution is -2.43. The van der Waals surface area contributed by atoms with Crippen LogP contribution in [0.25, 0.3) is 10.9 Å². The second-order valence-corrected chi connectivity index (χ2v) is 6.94. The van der Waals surface area contributed by atoms with Crippen LogP contribution in [0.2, 0.25) is 0 Å². The van der Waals surface area contributed by atoms with Gasteiger partial charge in [-0.15, -0.1) is 0 Å². The van der Waals surface area contributed by atoms with Crippen LogP contribution in [0.4, 0.5) is 0 Å². The van der Waals surface area contributed by atoms with Crippen molar-refractivity contribution in [2.75, 3.05) is 0 Å². The van der Waals surface area contributed by atoms with Crippen LogP contribution in [0.15, 0.2) is 34.9 Å². The van der Waals surface area contributed by atoms with Gasteiger partial charge in [0.05, 0.1) is 5.52 Å². The fourth-order valence-corrected chi connectivity index (χ4v) is 3.61. The molecule has 1 aliphatic carbocycles. The van der Waals surface area contributed by atoms with Crippen LogP contribution >= 0.6 is 15.9 Å². The van der Waals surface area contributed by atoms with Crippen LogP contribution in [0.3, 0.4) is 0 Å². The lowest BCUT2D eigenvalue weighted by atomic mass is 9.83. The number of pyridine rings is 1. The minimum atomic E-state index is 0.298. The van der Waals surface area contributed by atoms with Crippen molar-refractivity contribution in [3.63, 3.8) is 0 Å². The third-order valence-corrected chi connectivity index (χ3v) is 5.15.